The van der Waals surface area contributed by atoms with Gasteiger partial charge in [-0.3, -0.25) is 0 Å². The molecule has 8 heteroatoms. The predicted molar refractivity (Wildman–Crippen MR) is 142 cm³/mol. The Hall–Kier alpha value is -2.19. The van der Waals surface area contributed by atoms with Gasteiger partial charge in [-0.2, -0.15) is 0 Å². The zero-order valence-electron chi connectivity index (χ0n) is 19.6. The summed E-state index contributed by atoms with van der Waals surface area (Å²) in [5, 5.41) is 0. The van der Waals surface area contributed by atoms with Gasteiger partial charge in [0.15, 0.2) is 5.82 Å². The van der Waals surface area contributed by atoms with Crippen molar-refractivity contribution in [1.82, 2.24) is 9.97 Å². The van der Waals surface area contributed by atoms with Gasteiger partial charge in [0.25, 0.3) is 0 Å². The van der Waals surface area contributed by atoms with Crippen molar-refractivity contribution in [3.05, 3.63) is 75.2 Å². The molecule has 0 saturated carbocycles. The Morgan fingerprint density at radius 2 is 1.42 bits per heavy atom. The molecule has 0 N–H and O–H groups in total. The van der Waals surface area contributed by atoms with E-state index in [4.69, 9.17) is 4.74 Å². The third kappa shape index (κ3) is 7.67. The van der Waals surface area contributed by atoms with Crippen molar-refractivity contribution in [1.29, 1.82) is 0 Å². The van der Waals surface area contributed by atoms with Gasteiger partial charge in [0.1, 0.15) is 12.4 Å². The van der Waals surface area contributed by atoms with Gasteiger partial charge in [-0.15, -0.1) is 0 Å². The number of aromatic nitrogens is 2. The van der Waals surface area contributed by atoms with E-state index in [1.165, 1.54) is 0 Å². The lowest BCUT2D eigenvalue weighted by atomic mass is 10.1. The molecule has 0 aliphatic carbocycles. The van der Waals surface area contributed by atoms with Gasteiger partial charge < -0.3 is 14.5 Å². The highest BCUT2D eigenvalue weighted by atomic mass is 79.9. The van der Waals surface area contributed by atoms with Gasteiger partial charge in [0.05, 0.1) is 5.69 Å². The summed E-state index contributed by atoms with van der Waals surface area (Å²) >= 11 is 6.74. The molecule has 0 bridgehead atoms. The van der Waals surface area contributed by atoms with Gasteiger partial charge in [0, 0.05) is 59.1 Å². The Morgan fingerprint density at radius 1 is 0.818 bits per heavy atom. The van der Waals surface area contributed by atoms with Crippen LogP contribution in [0, 0.1) is 5.82 Å². The van der Waals surface area contributed by atoms with Crippen LogP contribution in [-0.4, -0.2) is 36.1 Å². The van der Waals surface area contributed by atoms with Gasteiger partial charge in [-0.05, 0) is 56.1 Å². The van der Waals surface area contributed by atoms with Crippen LogP contribution < -0.4 is 14.5 Å². The lowest BCUT2D eigenvalue weighted by molar-refractivity contribution is 0.288. The predicted octanol–water partition coefficient (Wildman–Crippen LogP) is 7.10. The first-order valence-corrected chi connectivity index (χ1v) is 12.8. The number of hydrogen-bond acceptors (Lipinski definition) is 5. The smallest absolute Gasteiger partial charge is 0.213 e. The van der Waals surface area contributed by atoms with Gasteiger partial charge in [0.2, 0.25) is 5.88 Å². The highest BCUT2D eigenvalue weighted by Crippen LogP contribution is 2.26. The third-order valence-corrected chi connectivity index (χ3v) is 5.73. The number of ether oxygens (including phenoxy) is 1. The van der Waals surface area contributed by atoms with Gasteiger partial charge in [-0.25, -0.2) is 14.4 Å². The highest BCUT2D eigenvalue weighted by Gasteiger charge is 2.21. The molecule has 0 spiro atoms. The Balaban J connectivity index is 0.000000914. The average molecular weight is 582 g/mol. The quantitative estimate of drug-likeness (QED) is 0.321. The minimum absolute atomic E-state index is 0.136. The standard InChI is InChI=1S/C21H19Br2FN4O.2C2H6/c22-16-4-6-19(25-12-16)28-10-8-27(9-11-28)18-3-1-2-15(21(18)24)14-29-20-7-5-17(23)13-26-20;2*1-2/h1-7,12-13H,8-11,14H2;2*1-2H3. The maximum absolute atomic E-state index is 15.1. The lowest BCUT2D eigenvalue weighted by Gasteiger charge is -2.37. The van der Waals surface area contributed by atoms with Gasteiger partial charge >= 0.3 is 0 Å². The molecule has 0 atom stereocenters. The number of pyridine rings is 2. The van der Waals surface area contributed by atoms with Crippen LogP contribution in [0.5, 0.6) is 5.88 Å². The zero-order valence-corrected chi connectivity index (χ0v) is 22.7. The van der Waals surface area contributed by atoms with Crippen LogP contribution in [0.2, 0.25) is 0 Å². The number of nitrogens with zero attached hydrogens (tertiary/aromatic N) is 4. The Morgan fingerprint density at radius 3 is 2.00 bits per heavy atom. The van der Waals surface area contributed by atoms with E-state index in [0.29, 0.717) is 17.1 Å². The molecule has 0 amide bonds. The SMILES string of the molecule is CC.CC.Fc1c(COc2ccc(Br)cn2)cccc1N1CCN(c2ccc(Br)cn2)CC1. The molecular formula is C25H31Br2FN4O. The maximum atomic E-state index is 15.1. The van der Waals surface area contributed by atoms with E-state index in [0.717, 1.165) is 40.9 Å². The van der Waals surface area contributed by atoms with E-state index >= 15 is 4.39 Å². The second kappa shape index (κ2) is 14.2. The molecule has 33 heavy (non-hydrogen) atoms. The molecule has 1 fully saturated rings. The molecule has 2 aromatic heterocycles. The minimum Gasteiger partial charge on any atom is -0.473 e. The second-order valence-electron chi connectivity index (χ2n) is 6.66. The molecular weight excluding hydrogens is 551 g/mol. The lowest BCUT2D eigenvalue weighted by Crippen LogP contribution is -2.47. The van der Waals surface area contributed by atoms with Crippen molar-refractivity contribution >= 4 is 43.4 Å². The number of halogens is 3. The minimum atomic E-state index is -0.236. The van der Waals surface area contributed by atoms with Crippen LogP contribution in [0.4, 0.5) is 15.9 Å². The second-order valence-corrected chi connectivity index (χ2v) is 8.49. The topological polar surface area (TPSA) is 41.5 Å². The maximum Gasteiger partial charge on any atom is 0.213 e. The zero-order chi connectivity index (χ0) is 24.2. The Labute approximate surface area is 213 Å². The van der Waals surface area contributed by atoms with Crippen molar-refractivity contribution < 1.29 is 9.13 Å². The van der Waals surface area contributed by atoms with E-state index in [2.05, 4.69) is 51.6 Å². The first-order valence-electron chi connectivity index (χ1n) is 11.2. The summed E-state index contributed by atoms with van der Waals surface area (Å²) in [4.78, 5) is 12.9. The van der Waals surface area contributed by atoms with E-state index in [9.17, 15) is 0 Å². The van der Waals surface area contributed by atoms with E-state index in [1.807, 2.05) is 58.0 Å². The number of anilines is 2. The largest absolute Gasteiger partial charge is 0.473 e. The van der Waals surface area contributed by atoms with Crippen LogP contribution in [-0.2, 0) is 6.61 Å². The monoisotopic (exact) mass is 580 g/mol. The molecule has 178 valence electrons. The average Bonchev–Trinajstić information content (AvgIpc) is 2.87. The van der Waals surface area contributed by atoms with E-state index in [-0.39, 0.29) is 12.4 Å². The number of benzene rings is 1. The van der Waals surface area contributed by atoms with Crippen molar-refractivity contribution in [2.45, 2.75) is 34.3 Å². The Bertz CT molecular complexity index is 963. The van der Waals surface area contributed by atoms with Crippen LogP contribution in [0.15, 0.2) is 63.8 Å². The third-order valence-electron chi connectivity index (χ3n) is 4.79. The molecule has 1 aromatic carbocycles. The normalized spacial score (nSPS) is 12.8. The molecule has 1 saturated heterocycles. The molecule has 3 heterocycles. The molecule has 3 aromatic rings. The summed E-state index contributed by atoms with van der Waals surface area (Å²) in [5.74, 6) is 1.17. The summed E-state index contributed by atoms with van der Waals surface area (Å²) in [6.45, 7) is 11.2. The highest BCUT2D eigenvalue weighted by molar-refractivity contribution is 9.10. The van der Waals surface area contributed by atoms with Crippen molar-refractivity contribution in [3.8, 4) is 5.88 Å². The fourth-order valence-corrected chi connectivity index (χ4v) is 3.72. The summed E-state index contributed by atoms with van der Waals surface area (Å²) in [7, 11) is 0. The van der Waals surface area contributed by atoms with E-state index < -0.39 is 0 Å². The first kappa shape index (κ1) is 27.1. The number of piperazine rings is 1. The molecule has 0 unspecified atom stereocenters. The number of hydrogen-bond donors (Lipinski definition) is 0. The molecule has 5 nitrogen and oxygen atoms in total. The van der Waals surface area contributed by atoms with E-state index in [1.54, 1.807) is 24.5 Å². The van der Waals surface area contributed by atoms with Crippen molar-refractivity contribution in [2.24, 2.45) is 0 Å². The fourth-order valence-electron chi connectivity index (χ4n) is 3.25. The van der Waals surface area contributed by atoms with Gasteiger partial charge in [-0.1, -0.05) is 39.8 Å². The van der Waals surface area contributed by atoms with Crippen LogP contribution >= 0.6 is 31.9 Å². The Kier molecular flexibility index (Phi) is 11.6. The van der Waals surface area contributed by atoms with Crippen LogP contribution in [0.1, 0.15) is 33.3 Å². The summed E-state index contributed by atoms with van der Waals surface area (Å²) in [6, 6.07) is 13.0. The fraction of sp³-hybridized carbons (Fsp3) is 0.360. The molecule has 4 rings (SSSR count). The van der Waals surface area contributed by atoms with Crippen LogP contribution in [0.3, 0.4) is 0 Å². The van der Waals surface area contributed by atoms with Crippen molar-refractivity contribution in [3.63, 3.8) is 0 Å². The first-order chi connectivity index (χ1) is 16.1. The summed E-state index contributed by atoms with van der Waals surface area (Å²) < 4.78 is 22.6. The summed E-state index contributed by atoms with van der Waals surface area (Å²) in [6.07, 6.45) is 3.45. The molecule has 0 radical (unpaired) electrons. The van der Waals surface area contributed by atoms with Crippen LogP contribution in [0.25, 0.3) is 0 Å². The van der Waals surface area contributed by atoms with Crippen molar-refractivity contribution in [2.75, 3.05) is 36.0 Å². The summed E-state index contributed by atoms with van der Waals surface area (Å²) in [5.41, 5.74) is 1.13. The number of rotatable bonds is 5. The molecule has 1 aliphatic rings. The molecule has 1 aliphatic heterocycles.